The van der Waals surface area contributed by atoms with Gasteiger partial charge in [-0.2, -0.15) is 0 Å². The number of aromatic hydroxyl groups is 1. The van der Waals surface area contributed by atoms with Crippen LogP contribution in [-0.2, 0) is 4.79 Å². The molecule has 10 nitrogen and oxygen atoms in total. The number of nitro groups is 1. The number of H-pyrrole nitrogens is 1. The zero-order valence-corrected chi connectivity index (χ0v) is 24.8. The molecule has 1 amide bonds. The van der Waals surface area contributed by atoms with Gasteiger partial charge in [-0.3, -0.25) is 14.9 Å². The molecule has 0 spiro atoms. The topological polar surface area (TPSA) is 161 Å². The summed E-state index contributed by atoms with van der Waals surface area (Å²) in [5.41, 5.74) is 0.694. The molecule has 10 unspecified atom stereocenters. The number of hydrogen-bond acceptors (Lipinski definition) is 7. The molecule has 10 atom stereocenters. The van der Waals surface area contributed by atoms with Gasteiger partial charge < -0.3 is 20.3 Å². The molecule has 1 aromatic carbocycles. The second-order valence-corrected chi connectivity index (χ2v) is 14.4. The number of aromatic nitrogens is 1. The quantitative estimate of drug-likeness (QED) is 0.167. The maximum absolute atomic E-state index is 12.8. The van der Waals surface area contributed by atoms with Gasteiger partial charge in [0.15, 0.2) is 5.69 Å². The first-order valence-electron chi connectivity index (χ1n) is 15.7. The Bertz CT molecular complexity index is 1410. The van der Waals surface area contributed by atoms with Gasteiger partial charge >= 0.3 is 0 Å². The lowest BCUT2D eigenvalue weighted by molar-refractivity contribution is -0.384. The SMILES string of the molecule is CC(CCC(=O)N=Nc1c(O)[nH]c2ccc([N+](=O)[O-])cc12)C1CCC2C3C(O)CC4CC(O)CCC4(C)C3CCC12C. The molecule has 2 aromatic rings. The molecule has 42 heavy (non-hydrogen) atoms. The molecule has 6 rings (SSSR count). The summed E-state index contributed by atoms with van der Waals surface area (Å²) in [6.07, 6.45) is 8.44. The third-order valence-electron chi connectivity index (χ3n) is 12.4. The van der Waals surface area contributed by atoms with Crippen molar-refractivity contribution in [3.63, 3.8) is 0 Å². The number of non-ortho nitro benzene ring substituents is 1. The van der Waals surface area contributed by atoms with Crippen molar-refractivity contribution >= 4 is 28.2 Å². The predicted molar refractivity (Wildman–Crippen MR) is 157 cm³/mol. The zero-order chi connectivity index (χ0) is 30.0. The number of nitrogens with one attached hydrogen (secondary N) is 1. The number of hydrogen-bond donors (Lipinski definition) is 4. The molecule has 1 aromatic heterocycles. The average Bonchev–Trinajstić information content (AvgIpc) is 3.46. The Morgan fingerprint density at radius 1 is 1.12 bits per heavy atom. The maximum Gasteiger partial charge on any atom is 0.270 e. The van der Waals surface area contributed by atoms with E-state index in [1.165, 1.54) is 18.2 Å². The molecule has 4 aliphatic carbocycles. The summed E-state index contributed by atoms with van der Waals surface area (Å²) >= 11 is 0. The summed E-state index contributed by atoms with van der Waals surface area (Å²) in [6, 6.07) is 4.13. The molecule has 1 heterocycles. The fourth-order valence-electron chi connectivity index (χ4n) is 10.2. The van der Waals surface area contributed by atoms with Crippen LogP contribution in [0.2, 0.25) is 0 Å². The minimum Gasteiger partial charge on any atom is -0.493 e. The highest BCUT2D eigenvalue weighted by atomic mass is 16.6. The van der Waals surface area contributed by atoms with Gasteiger partial charge in [0.2, 0.25) is 5.88 Å². The Hall–Kier alpha value is -2.85. The van der Waals surface area contributed by atoms with Crippen LogP contribution in [0.5, 0.6) is 5.88 Å². The number of carbonyl (C=O) groups excluding carboxylic acids is 1. The predicted octanol–water partition coefficient (Wildman–Crippen LogP) is 6.80. The number of benzene rings is 1. The van der Waals surface area contributed by atoms with Gasteiger partial charge in [0, 0.05) is 23.9 Å². The van der Waals surface area contributed by atoms with Gasteiger partial charge in [-0.15, -0.1) is 10.2 Å². The van der Waals surface area contributed by atoms with Gasteiger partial charge in [0.25, 0.3) is 11.6 Å². The van der Waals surface area contributed by atoms with Crippen LogP contribution in [0.4, 0.5) is 11.4 Å². The fourth-order valence-corrected chi connectivity index (χ4v) is 10.2. The smallest absolute Gasteiger partial charge is 0.270 e. The molecule has 4 N–H and O–H groups in total. The van der Waals surface area contributed by atoms with E-state index in [1.807, 2.05) is 0 Å². The minimum absolute atomic E-state index is 0.0208. The zero-order valence-electron chi connectivity index (χ0n) is 24.8. The number of rotatable bonds is 6. The highest BCUT2D eigenvalue weighted by molar-refractivity contribution is 5.95. The summed E-state index contributed by atoms with van der Waals surface area (Å²) in [6.45, 7) is 7.09. The summed E-state index contributed by atoms with van der Waals surface area (Å²) in [5, 5.41) is 51.4. The lowest BCUT2D eigenvalue weighted by atomic mass is 9.43. The number of nitro benzene ring substituents is 1. The average molecular weight is 581 g/mol. The van der Waals surface area contributed by atoms with E-state index >= 15 is 0 Å². The summed E-state index contributed by atoms with van der Waals surface area (Å²) in [5.74, 6) is 1.82. The van der Waals surface area contributed by atoms with Crippen LogP contribution < -0.4 is 0 Å². The first kappa shape index (κ1) is 29.2. The summed E-state index contributed by atoms with van der Waals surface area (Å²) in [7, 11) is 0. The number of aliphatic hydroxyl groups is 2. The van der Waals surface area contributed by atoms with E-state index in [0.717, 1.165) is 51.4 Å². The van der Waals surface area contributed by atoms with E-state index in [0.29, 0.717) is 52.8 Å². The van der Waals surface area contributed by atoms with Crippen molar-refractivity contribution < 1.29 is 25.0 Å². The molecule has 0 radical (unpaired) electrons. The number of aromatic amines is 1. The molecular weight excluding hydrogens is 536 g/mol. The molecular formula is C32H44N4O6. The van der Waals surface area contributed by atoms with E-state index in [9.17, 15) is 30.2 Å². The Kier molecular flexibility index (Phi) is 7.45. The second-order valence-electron chi connectivity index (χ2n) is 14.4. The Morgan fingerprint density at radius 3 is 2.62 bits per heavy atom. The number of fused-ring (bicyclic) bond motifs is 6. The Morgan fingerprint density at radius 2 is 1.86 bits per heavy atom. The first-order valence-corrected chi connectivity index (χ1v) is 15.7. The molecule has 4 saturated carbocycles. The second kappa shape index (κ2) is 10.7. The van der Waals surface area contributed by atoms with E-state index in [-0.39, 0.29) is 52.6 Å². The van der Waals surface area contributed by atoms with Gasteiger partial charge in [-0.1, -0.05) is 20.8 Å². The minimum atomic E-state index is -0.523. The van der Waals surface area contributed by atoms with Crippen molar-refractivity contribution in [2.45, 2.75) is 97.2 Å². The first-order chi connectivity index (χ1) is 19.9. The standard InChI is InChI=1S/C32H44N4O6/c1-17(4-9-27(39)34-35-29-21-16-19(36(41)42)5-8-25(21)33-30(29)40)22-6-7-23-28-24(11-13-32(22,23)3)31(2)12-10-20(37)14-18(31)15-26(28)38/h5,8,16-18,20,22-24,26,28,33,37-38,40H,4,6-7,9-15H2,1-3H3. The molecule has 4 fully saturated rings. The number of carbonyl (C=O) groups is 1. The fraction of sp³-hybridized carbons (Fsp3) is 0.719. The van der Waals surface area contributed by atoms with Crippen LogP contribution >= 0.6 is 0 Å². The van der Waals surface area contributed by atoms with Crippen molar-refractivity contribution in [3.8, 4) is 5.88 Å². The molecule has 228 valence electrons. The third-order valence-corrected chi connectivity index (χ3v) is 12.4. The molecule has 0 saturated heterocycles. The van der Waals surface area contributed by atoms with Crippen molar-refractivity contribution in [1.82, 2.24) is 4.98 Å². The molecule has 10 heteroatoms. The van der Waals surface area contributed by atoms with Crippen LogP contribution in [0.15, 0.2) is 28.4 Å². The molecule has 4 aliphatic rings. The van der Waals surface area contributed by atoms with E-state index in [4.69, 9.17) is 0 Å². The van der Waals surface area contributed by atoms with Gasteiger partial charge in [0.05, 0.1) is 22.6 Å². The maximum atomic E-state index is 12.8. The molecule has 0 bridgehead atoms. The van der Waals surface area contributed by atoms with Crippen molar-refractivity contribution in [2.24, 2.45) is 56.6 Å². The van der Waals surface area contributed by atoms with E-state index in [1.54, 1.807) is 0 Å². The highest BCUT2D eigenvalue weighted by Crippen LogP contribution is 2.68. The number of nitrogens with zero attached hydrogens (tertiary/aromatic N) is 3. The van der Waals surface area contributed by atoms with Crippen LogP contribution in [0.25, 0.3) is 10.9 Å². The van der Waals surface area contributed by atoms with Crippen LogP contribution in [0.3, 0.4) is 0 Å². The monoisotopic (exact) mass is 580 g/mol. The highest BCUT2D eigenvalue weighted by Gasteiger charge is 2.62. The van der Waals surface area contributed by atoms with E-state index in [2.05, 4.69) is 36.0 Å². The van der Waals surface area contributed by atoms with Crippen molar-refractivity contribution in [1.29, 1.82) is 0 Å². The van der Waals surface area contributed by atoms with E-state index < -0.39 is 4.92 Å². The van der Waals surface area contributed by atoms with Crippen molar-refractivity contribution in [3.05, 3.63) is 28.3 Å². The summed E-state index contributed by atoms with van der Waals surface area (Å²) in [4.78, 5) is 26.1. The lowest BCUT2D eigenvalue weighted by Gasteiger charge is -2.62. The van der Waals surface area contributed by atoms with Crippen LogP contribution in [0, 0.1) is 56.5 Å². The van der Waals surface area contributed by atoms with Gasteiger partial charge in [-0.05, 0) is 110 Å². The van der Waals surface area contributed by atoms with Crippen LogP contribution in [-0.4, -0.2) is 43.3 Å². The number of amides is 1. The van der Waals surface area contributed by atoms with Gasteiger partial charge in [-0.25, -0.2) is 0 Å². The normalized spacial score (nSPS) is 38.6. The van der Waals surface area contributed by atoms with Crippen molar-refractivity contribution in [2.75, 3.05) is 0 Å². The van der Waals surface area contributed by atoms with Gasteiger partial charge in [0.1, 0.15) is 0 Å². The Balaban J connectivity index is 1.11. The Labute approximate surface area is 246 Å². The third kappa shape index (κ3) is 4.75. The molecule has 0 aliphatic heterocycles. The number of azo groups is 1. The van der Waals surface area contributed by atoms with Crippen LogP contribution in [0.1, 0.15) is 85.0 Å². The number of aliphatic hydroxyl groups excluding tert-OH is 2. The lowest BCUT2D eigenvalue weighted by Crippen LogP contribution is -2.58. The largest absolute Gasteiger partial charge is 0.493 e. The summed E-state index contributed by atoms with van der Waals surface area (Å²) < 4.78 is 0.